The van der Waals surface area contributed by atoms with Gasteiger partial charge in [-0.1, -0.05) is 89.8 Å². The molecule has 0 spiro atoms. The smallest absolute Gasteiger partial charge is 0.306 e. The number of carbonyl (C=O) groups is 5. The van der Waals surface area contributed by atoms with E-state index in [2.05, 4.69) is 18.7 Å². The fourth-order valence-corrected chi connectivity index (χ4v) is 5.50. The predicted molar refractivity (Wildman–Crippen MR) is 185 cm³/mol. The van der Waals surface area contributed by atoms with Crippen LogP contribution in [0, 0.1) is 0 Å². The zero-order valence-electron chi connectivity index (χ0n) is 29.4. The monoisotopic (exact) mass is 672 g/mol. The van der Waals surface area contributed by atoms with Crippen LogP contribution in [-0.2, 0) is 33.4 Å². The summed E-state index contributed by atoms with van der Waals surface area (Å²) in [6.45, 7) is 5.66. The van der Waals surface area contributed by atoms with Gasteiger partial charge in [0.25, 0.3) is 5.24 Å². The summed E-state index contributed by atoms with van der Waals surface area (Å²) in [6.07, 6.45) is 15.4. The van der Waals surface area contributed by atoms with Gasteiger partial charge in [0.15, 0.2) is 6.10 Å². The first kappa shape index (κ1) is 43.9. The van der Waals surface area contributed by atoms with Crippen LogP contribution in [0.1, 0.15) is 136 Å². The fraction of sp³-hybridized carbons (Fsp3) is 0.857. The van der Waals surface area contributed by atoms with Crippen molar-refractivity contribution in [2.24, 2.45) is 0 Å². The summed E-state index contributed by atoms with van der Waals surface area (Å²) in [4.78, 5) is 64.7. The summed E-state index contributed by atoms with van der Waals surface area (Å²) < 4.78 is 16.4. The maximum atomic E-state index is 12.8. The minimum atomic E-state index is -0.896. The highest BCUT2D eigenvalue weighted by Gasteiger charge is 2.20. The van der Waals surface area contributed by atoms with E-state index in [0.717, 1.165) is 70.6 Å². The SMILES string of the molecule is CCCCCCCCC(=O)OCC(COC(=O)CCCCCCCC)OC(=O)CCCN(CCCC=O)C(=O)SCCCN(C)C. The van der Waals surface area contributed by atoms with E-state index in [1.54, 1.807) is 4.90 Å². The second-order valence-corrected chi connectivity index (χ2v) is 13.2. The van der Waals surface area contributed by atoms with Crippen molar-refractivity contribution in [3.05, 3.63) is 0 Å². The van der Waals surface area contributed by atoms with E-state index in [0.29, 0.717) is 50.9 Å². The quantitative estimate of drug-likeness (QED) is 0.0320. The largest absolute Gasteiger partial charge is 0.462 e. The second kappa shape index (κ2) is 31.5. The van der Waals surface area contributed by atoms with Crippen molar-refractivity contribution in [1.29, 1.82) is 0 Å². The van der Waals surface area contributed by atoms with Crippen LogP contribution < -0.4 is 0 Å². The predicted octanol–water partition coefficient (Wildman–Crippen LogP) is 7.35. The van der Waals surface area contributed by atoms with Crippen molar-refractivity contribution >= 4 is 41.2 Å². The van der Waals surface area contributed by atoms with Crippen LogP contribution in [0.5, 0.6) is 0 Å². The van der Waals surface area contributed by atoms with Gasteiger partial charge in [-0.25, -0.2) is 0 Å². The Bertz CT molecular complexity index is 779. The number of ether oxygens (including phenoxy) is 3. The van der Waals surface area contributed by atoms with E-state index in [1.165, 1.54) is 37.4 Å². The first-order valence-corrected chi connectivity index (χ1v) is 18.7. The van der Waals surface area contributed by atoms with E-state index < -0.39 is 12.1 Å². The maximum absolute atomic E-state index is 12.8. The van der Waals surface area contributed by atoms with E-state index in [1.807, 2.05) is 14.1 Å². The lowest BCUT2D eigenvalue weighted by molar-refractivity contribution is -0.167. The molecule has 0 aromatic carbocycles. The first-order chi connectivity index (χ1) is 22.2. The highest BCUT2D eigenvalue weighted by Crippen LogP contribution is 2.14. The molecule has 0 fully saturated rings. The Morgan fingerprint density at radius 2 is 1.13 bits per heavy atom. The normalized spacial score (nSPS) is 11.1. The molecule has 0 radical (unpaired) electrons. The van der Waals surface area contributed by atoms with Gasteiger partial charge in [0.2, 0.25) is 0 Å². The Kier molecular flexibility index (Phi) is 30.0. The van der Waals surface area contributed by atoms with Crippen LogP contribution >= 0.6 is 11.8 Å². The van der Waals surface area contributed by atoms with Crippen molar-refractivity contribution in [2.45, 2.75) is 142 Å². The van der Waals surface area contributed by atoms with Gasteiger partial charge in [-0.3, -0.25) is 19.2 Å². The number of thioether (sulfide) groups is 1. The summed E-state index contributed by atoms with van der Waals surface area (Å²) in [5.41, 5.74) is 0. The van der Waals surface area contributed by atoms with Gasteiger partial charge in [-0.2, -0.15) is 0 Å². The van der Waals surface area contributed by atoms with Crippen molar-refractivity contribution in [2.75, 3.05) is 52.7 Å². The van der Waals surface area contributed by atoms with Crippen LogP contribution in [0.3, 0.4) is 0 Å². The number of carbonyl (C=O) groups excluding carboxylic acids is 5. The standard InChI is InChI=1S/C35H64N2O8S/c1-5-7-9-11-13-15-21-32(39)43-29-31(30-44-33(40)22-16-14-12-10-8-6-2)45-34(41)23-19-26-37(25-17-18-27-38)35(42)46-28-20-24-36(3)4/h27,31H,5-26,28-30H2,1-4H3. The van der Waals surface area contributed by atoms with E-state index >= 15 is 0 Å². The van der Waals surface area contributed by atoms with Gasteiger partial charge in [0.05, 0.1) is 0 Å². The lowest BCUT2D eigenvalue weighted by atomic mass is 10.1. The fourth-order valence-electron chi connectivity index (χ4n) is 4.68. The Hall–Kier alpha value is -2.14. The van der Waals surface area contributed by atoms with E-state index in [9.17, 15) is 24.0 Å². The summed E-state index contributed by atoms with van der Waals surface area (Å²) in [5.74, 6) is -0.534. The second-order valence-electron chi connectivity index (χ2n) is 12.2. The molecule has 0 unspecified atom stereocenters. The lowest BCUT2D eigenvalue weighted by Crippen LogP contribution is -2.32. The van der Waals surface area contributed by atoms with E-state index in [4.69, 9.17) is 14.2 Å². The van der Waals surface area contributed by atoms with Gasteiger partial charge < -0.3 is 28.8 Å². The van der Waals surface area contributed by atoms with Crippen molar-refractivity contribution < 1.29 is 38.2 Å². The highest BCUT2D eigenvalue weighted by atomic mass is 32.2. The Labute approximate surface area is 283 Å². The molecule has 0 atom stereocenters. The van der Waals surface area contributed by atoms with Gasteiger partial charge in [0.1, 0.15) is 19.5 Å². The lowest BCUT2D eigenvalue weighted by Gasteiger charge is -2.22. The molecule has 0 aliphatic rings. The zero-order valence-corrected chi connectivity index (χ0v) is 30.2. The molecule has 11 heteroatoms. The summed E-state index contributed by atoms with van der Waals surface area (Å²) in [5, 5.41) is -0.0644. The maximum Gasteiger partial charge on any atom is 0.306 e. The molecule has 0 aliphatic heterocycles. The number of hydrogen-bond acceptors (Lipinski definition) is 10. The number of rotatable bonds is 31. The molecule has 0 N–H and O–H groups in total. The molecule has 0 rings (SSSR count). The van der Waals surface area contributed by atoms with Gasteiger partial charge in [-0.05, 0) is 52.7 Å². The van der Waals surface area contributed by atoms with Crippen molar-refractivity contribution in [3.8, 4) is 0 Å². The molecule has 10 nitrogen and oxygen atoms in total. The van der Waals surface area contributed by atoms with Gasteiger partial charge in [0, 0.05) is 44.5 Å². The molecule has 0 heterocycles. The minimum Gasteiger partial charge on any atom is -0.462 e. The molecular formula is C35H64N2O8S. The third kappa shape index (κ3) is 28.1. The van der Waals surface area contributed by atoms with Gasteiger partial charge >= 0.3 is 17.9 Å². The molecule has 0 aromatic rings. The molecule has 0 aromatic heterocycles. The Balaban J connectivity index is 4.87. The molecule has 0 saturated carbocycles. The molecule has 0 saturated heterocycles. The minimum absolute atomic E-state index is 0.0523. The van der Waals surface area contributed by atoms with Crippen LogP contribution in [-0.4, -0.2) is 98.0 Å². The summed E-state index contributed by atoms with van der Waals surface area (Å²) in [6, 6.07) is 0. The van der Waals surface area contributed by atoms with Crippen LogP contribution in [0.15, 0.2) is 0 Å². The Morgan fingerprint density at radius 1 is 0.630 bits per heavy atom. The first-order valence-electron chi connectivity index (χ1n) is 17.7. The van der Waals surface area contributed by atoms with Crippen LogP contribution in [0.4, 0.5) is 4.79 Å². The number of esters is 3. The summed E-state index contributed by atoms with van der Waals surface area (Å²) >= 11 is 1.25. The number of aldehydes is 1. The molecule has 0 aliphatic carbocycles. The highest BCUT2D eigenvalue weighted by molar-refractivity contribution is 8.13. The van der Waals surface area contributed by atoms with Crippen molar-refractivity contribution in [3.63, 3.8) is 0 Å². The van der Waals surface area contributed by atoms with Gasteiger partial charge in [-0.15, -0.1) is 0 Å². The molecule has 1 amide bonds. The van der Waals surface area contributed by atoms with Crippen molar-refractivity contribution in [1.82, 2.24) is 9.80 Å². The zero-order chi connectivity index (χ0) is 34.3. The topological polar surface area (TPSA) is 120 Å². The van der Waals surface area contributed by atoms with E-state index in [-0.39, 0.29) is 36.8 Å². The third-order valence-electron chi connectivity index (χ3n) is 7.42. The van der Waals surface area contributed by atoms with Crippen LogP contribution in [0.2, 0.25) is 0 Å². The third-order valence-corrected chi connectivity index (χ3v) is 8.42. The molecule has 0 bridgehead atoms. The Morgan fingerprint density at radius 3 is 1.65 bits per heavy atom. The summed E-state index contributed by atoms with van der Waals surface area (Å²) in [7, 11) is 3.98. The number of hydrogen-bond donors (Lipinski definition) is 0. The average Bonchev–Trinajstić information content (AvgIpc) is 3.03. The number of unbranched alkanes of at least 4 members (excludes halogenated alkanes) is 11. The average molecular weight is 673 g/mol. The molecular weight excluding hydrogens is 608 g/mol. The number of nitrogens with zero attached hydrogens (tertiary/aromatic N) is 2. The molecule has 268 valence electrons. The number of amides is 1. The van der Waals surface area contributed by atoms with Crippen LogP contribution in [0.25, 0.3) is 0 Å². The molecule has 46 heavy (non-hydrogen) atoms.